The molecule has 68 valence electrons. The highest BCUT2D eigenvalue weighted by atomic mass is 16.5. The van der Waals surface area contributed by atoms with Crippen LogP contribution in [0, 0.1) is 17.8 Å². The van der Waals surface area contributed by atoms with E-state index in [-0.39, 0.29) is 17.6 Å². The Bertz CT molecular complexity index is 202. The molecule has 0 radical (unpaired) electrons. The van der Waals surface area contributed by atoms with Crippen molar-refractivity contribution in [3.8, 4) is 12.3 Å². The zero-order valence-electron chi connectivity index (χ0n) is 7.76. The molecule has 1 N–H and O–H groups in total. The molecule has 0 saturated carbocycles. The summed E-state index contributed by atoms with van der Waals surface area (Å²) in [5.74, 6) is 2.60. The topological polar surface area (TPSA) is 29.5 Å². The molecule has 0 aromatic heterocycles. The molecule has 0 amide bonds. The lowest BCUT2D eigenvalue weighted by atomic mass is 9.80. The Hall–Kier alpha value is -0.520. The van der Waals surface area contributed by atoms with Crippen LogP contribution in [-0.4, -0.2) is 23.9 Å². The molecule has 0 spiro atoms. The van der Waals surface area contributed by atoms with Crippen LogP contribution < -0.4 is 0 Å². The minimum absolute atomic E-state index is 0.125. The minimum atomic E-state index is -0.182. The number of ether oxygens (including phenoxy) is 1. The zero-order valence-corrected chi connectivity index (χ0v) is 7.76. The normalized spacial score (nSPS) is 33.2. The van der Waals surface area contributed by atoms with Crippen LogP contribution in [-0.2, 0) is 4.74 Å². The summed E-state index contributed by atoms with van der Waals surface area (Å²) in [4.78, 5) is 0. The van der Waals surface area contributed by atoms with Crippen LogP contribution in [0.15, 0.2) is 0 Å². The lowest BCUT2D eigenvalue weighted by Gasteiger charge is -2.23. The van der Waals surface area contributed by atoms with Gasteiger partial charge in [-0.3, -0.25) is 0 Å². The number of rotatable bonds is 2. The summed E-state index contributed by atoms with van der Waals surface area (Å²) < 4.78 is 5.54. The van der Waals surface area contributed by atoms with Crippen LogP contribution >= 0.6 is 0 Å². The molecule has 0 aromatic carbocycles. The second kappa shape index (κ2) is 3.08. The van der Waals surface area contributed by atoms with Crippen LogP contribution in [0.3, 0.4) is 0 Å². The van der Waals surface area contributed by atoms with Crippen molar-refractivity contribution in [2.75, 3.05) is 13.2 Å². The van der Waals surface area contributed by atoms with Gasteiger partial charge < -0.3 is 9.84 Å². The third-order valence-electron chi connectivity index (χ3n) is 2.38. The summed E-state index contributed by atoms with van der Waals surface area (Å²) in [5.41, 5.74) is -0.308. The summed E-state index contributed by atoms with van der Waals surface area (Å²) in [7, 11) is 0. The van der Waals surface area contributed by atoms with Gasteiger partial charge in [-0.25, -0.2) is 0 Å². The van der Waals surface area contributed by atoms with E-state index in [9.17, 15) is 5.11 Å². The van der Waals surface area contributed by atoms with Gasteiger partial charge in [0.15, 0.2) is 0 Å². The average molecular weight is 168 g/mol. The molecule has 1 unspecified atom stereocenters. The van der Waals surface area contributed by atoms with Crippen LogP contribution in [0.25, 0.3) is 0 Å². The second-order valence-electron chi connectivity index (χ2n) is 4.26. The highest BCUT2D eigenvalue weighted by molar-refractivity contribution is 5.00. The monoisotopic (exact) mass is 168 g/mol. The molecule has 1 rings (SSSR count). The highest BCUT2D eigenvalue weighted by Crippen LogP contribution is 2.40. The Labute approximate surface area is 73.9 Å². The summed E-state index contributed by atoms with van der Waals surface area (Å²) in [6, 6.07) is 0. The van der Waals surface area contributed by atoms with Gasteiger partial charge in [-0.15, -0.1) is 12.3 Å². The molecule has 1 heterocycles. The summed E-state index contributed by atoms with van der Waals surface area (Å²) in [6.07, 6.45) is 6.69. The Morgan fingerprint density at radius 3 is 2.58 bits per heavy atom. The number of terminal acetylenes is 1. The van der Waals surface area contributed by atoms with E-state index in [4.69, 9.17) is 11.2 Å². The Morgan fingerprint density at radius 2 is 2.25 bits per heavy atom. The molecule has 0 aromatic rings. The fourth-order valence-electron chi connectivity index (χ4n) is 1.84. The maximum atomic E-state index is 9.20. The van der Waals surface area contributed by atoms with E-state index in [2.05, 4.69) is 5.92 Å². The fraction of sp³-hybridized carbons (Fsp3) is 0.800. The number of aliphatic hydroxyl groups is 1. The van der Waals surface area contributed by atoms with Gasteiger partial charge in [0.2, 0.25) is 0 Å². The van der Waals surface area contributed by atoms with E-state index in [1.165, 1.54) is 0 Å². The van der Waals surface area contributed by atoms with Crippen molar-refractivity contribution >= 4 is 0 Å². The molecule has 2 heteroatoms. The number of hydrogen-bond acceptors (Lipinski definition) is 2. The smallest absolute Gasteiger partial charge is 0.0634 e. The third kappa shape index (κ3) is 1.80. The molecule has 0 bridgehead atoms. The molecule has 12 heavy (non-hydrogen) atoms. The van der Waals surface area contributed by atoms with Gasteiger partial charge >= 0.3 is 0 Å². The van der Waals surface area contributed by atoms with Gasteiger partial charge in [0.25, 0.3) is 0 Å². The lowest BCUT2D eigenvalue weighted by Crippen LogP contribution is -2.27. The molecule has 1 aliphatic heterocycles. The molecular weight excluding hydrogens is 152 g/mol. The lowest BCUT2D eigenvalue weighted by molar-refractivity contribution is 0.0268. The van der Waals surface area contributed by atoms with Crippen molar-refractivity contribution in [3.05, 3.63) is 0 Å². The average Bonchev–Trinajstić information content (AvgIpc) is 2.29. The first-order valence-corrected chi connectivity index (χ1v) is 4.22. The molecule has 1 fully saturated rings. The van der Waals surface area contributed by atoms with Crippen LogP contribution in [0.4, 0.5) is 0 Å². The van der Waals surface area contributed by atoms with E-state index in [0.717, 1.165) is 6.42 Å². The van der Waals surface area contributed by atoms with E-state index in [0.29, 0.717) is 13.0 Å². The second-order valence-corrected chi connectivity index (χ2v) is 4.26. The van der Waals surface area contributed by atoms with Crippen molar-refractivity contribution in [1.82, 2.24) is 0 Å². The number of aliphatic hydroxyl groups excluding tert-OH is 1. The van der Waals surface area contributed by atoms with Crippen LogP contribution in [0.5, 0.6) is 0 Å². The first-order chi connectivity index (χ1) is 5.54. The maximum absolute atomic E-state index is 9.20. The zero-order chi connectivity index (χ0) is 9.24. The Kier molecular flexibility index (Phi) is 2.46. The van der Waals surface area contributed by atoms with E-state index >= 15 is 0 Å². The van der Waals surface area contributed by atoms with Gasteiger partial charge in [-0.1, -0.05) is 0 Å². The quantitative estimate of drug-likeness (QED) is 0.627. The molecule has 2 nitrogen and oxygen atoms in total. The SMILES string of the molecule is C#CCC1(CO)COC(C)(C)C1. The molecule has 1 aliphatic rings. The van der Waals surface area contributed by atoms with Crippen molar-refractivity contribution < 1.29 is 9.84 Å². The summed E-state index contributed by atoms with van der Waals surface area (Å²) >= 11 is 0. The Morgan fingerprint density at radius 1 is 1.58 bits per heavy atom. The van der Waals surface area contributed by atoms with Crippen molar-refractivity contribution in [3.63, 3.8) is 0 Å². The van der Waals surface area contributed by atoms with Crippen molar-refractivity contribution in [2.45, 2.75) is 32.3 Å². The summed E-state index contributed by atoms with van der Waals surface area (Å²) in [5, 5.41) is 9.20. The van der Waals surface area contributed by atoms with Gasteiger partial charge in [-0.05, 0) is 20.3 Å². The largest absolute Gasteiger partial charge is 0.396 e. The maximum Gasteiger partial charge on any atom is 0.0634 e. The van der Waals surface area contributed by atoms with Crippen molar-refractivity contribution in [1.29, 1.82) is 0 Å². The molecule has 0 aliphatic carbocycles. The van der Waals surface area contributed by atoms with E-state index in [1.807, 2.05) is 13.8 Å². The minimum Gasteiger partial charge on any atom is -0.396 e. The molecular formula is C10H16O2. The van der Waals surface area contributed by atoms with Gasteiger partial charge in [-0.2, -0.15) is 0 Å². The predicted octanol–water partition coefficient (Wildman–Crippen LogP) is 1.19. The van der Waals surface area contributed by atoms with Gasteiger partial charge in [0, 0.05) is 11.8 Å². The Balaban J connectivity index is 2.67. The first-order valence-electron chi connectivity index (χ1n) is 4.22. The van der Waals surface area contributed by atoms with Gasteiger partial charge in [0.05, 0.1) is 18.8 Å². The van der Waals surface area contributed by atoms with E-state index < -0.39 is 0 Å². The van der Waals surface area contributed by atoms with Gasteiger partial charge in [0.1, 0.15) is 0 Å². The fourth-order valence-corrected chi connectivity index (χ4v) is 1.84. The number of hydrogen-bond donors (Lipinski definition) is 1. The first kappa shape index (κ1) is 9.57. The highest BCUT2D eigenvalue weighted by Gasteiger charge is 2.43. The van der Waals surface area contributed by atoms with Crippen LogP contribution in [0.2, 0.25) is 0 Å². The van der Waals surface area contributed by atoms with E-state index in [1.54, 1.807) is 0 Å². The third-order valence-corrected chi connectivity index (χ3v) is 2.38. The summed E-state index contributed by atoms with van der Waals surface area (Å²) in [6.45, 7) is 4.77. The predicted molar refractivity (Wildman–Crippen MR) is 47.6 cm³/mol. The molecule has 1 atom stereocenters. The molecule has 1 saturated heterocycles. The standard InChI is InChI=1S/C10H16O2/c1-4-5-10(7-11)6-9(2,3)12-8-10/h1,11H,5-8H2,2-3H3. The van der Waals surface area contributed by atoms with Crippen LogP contribution in [0.1, 0.15) is 26.7 Å². The van der Waals surface area contributed by atoms with Crippen molar-refractivity contribution in [2.24, 2.45) is 5.41 Å².